The van der Waals surface area contributed by atoms with Gasteiger partial charge in [0.2, 0.25) is 0 Å². The number of benzene rings is 1. The maximum atomic E-state index is 8.23. The lowest BCUT2D eigenvalue weighted by Gasteiger charge is -2.01. The summed E-state index contributed by atoms with van der Waals surface area (Å²) in [6.07, 6.45) is 2.96. The number of methoxy groups -OCH3 is 1. The van der Waals surface area contributed by atoms with Crippen molar-refractivity contribution in [3.05, 3.63) is 36.5 Å². The number of nitrogens with zero attached hydrogens (tertiary/aromatic N) is 1. The van der Waals surface area contributed by atoms with Crippen LogP contribution in [0.15, 0.2) is 36.5 Å². The molecular formula is C10H10N2O. The van der Waals surface area contributed by atoms with E-state index < -0.39 is 0 Å². The summed E-state index contributed by atoms with van der Waals surface area (Å²) in [5, 5.41) is 11.2. The van der Waals surface area contributed by atoms with Gasteiger partial charge in [-0.15, -0.1) is 0 Å². The normalized spacial score (nSPS) is 9.54. The smallest absolute Gasteiger partial charge is 0.119 e. The molecule has 0 aromatic heterocycles. The molecule has 0 unspecified atom stereocenters. The van der Waals surface area contributed by atoms with Gasteiger partial charge in [-0.2, -0.15) is 5.26 Å². The zero-order valence-corrected chi connectivity index (χ0v) is 7.32. The van der Waals surface area contributed by atoms with Crippen LogP contribution in [0.25, 0.3) is 0 Å². The molecule has 0 radical (unpaired) electrons. The minimum Gasteiger partial charge on any atom is -0.497 e. The number of rotatable bonds is 3. The van der Waals surface area contributed by atoms with E-state index in [0.717, 1.165) is 11.4 Å². The molecule has 0 spiro atoms. The minimum absolute atomic E-state index is 0.815. The van der Waals surface area contributed by atoms with E-state index in [4.69, 9.17) is 10.00 Å². The first-order chi connectivity index (χ1) is 6.36. The molecular weight excluding hydrogens is 164 g/mol. The third-order valence-corrected chi connectivity index (χ3v) is 1.50. The fraction of sp³-hybridized carbons (Fsp3) is 0.100. The van der Waals surface area contributed by atoms with E-state index in [1.165, 1.54) is 6.08 Å². The summed E-state index contributed by atoms with van der Waals surface area (Å²) in [5.41, 5.74) is 0.923. The molecule has 0 heterocycles. The summed E-state index contributed by atoms with van der Waals surface area (Å²) < 4.78 is 5.00. The van der Waals surface area contributed by atoms with Gasteiger partial charge in [-0.3, -0.25) is 0 Å². The predicted molar refractivity (Wildman–Crippen MR) is 51.4 cm³/mol. The van der Waals surface area contributed by atoms with Crippen molar-refractivity contribution >= 4 is 5.69 Å². The topological polar surface area (TPSA) is 45.0 Å². The molecule has 1 N–H and O–H groups in total. The van der Waals surface area contributed by atoms with Crippen LogP contribution in [-0.2, 0) is 0 Å². The van der Waals surface area contributed by atoms with Crippen LogP contribution < -0.4 is 10.1 Å². The molecule has 0 fully saturated rings. The van der Waals surface area contributed by atoms with Gasteiger partial charge in [0.25, 0.3) is 0 Å². The summed E-state index contributed by atoms with van der Waals surface area (Å²) in [4.78, 5) is 0. The highest BCUT2D eigenvalue weighted by atomic mass is 16.5. The quantitative estimate of drug-likeness (QED) is 0.714. The van der Waals surface area contributed by atoms with Gasteiger partial charge >= 0.3 is 0 Å². The van der Waals surface area contributed by atoms with Crippen LogP contribution in [0.3, 0.4) is 0 Å². The van der Waals surface area contributed by atoms with Crippen molar-refractivity contribution in [2.45, 2.75) is 0 Å². The van der Waals surface area contributed by atoms with E-state index in [2.05, 4.69) is 5.32 Å². The molecule has 13 heavy (non-hydrogen) atoms. The van der Waals surface area contributed by atoms with Crippen molar-refractivity contribution in [3.63, 3.8) is 0 Å². The van der Waals surface area contributed by atoms with Crippen LogP contribution in [0.4, 0.5) is 5.69 Å². The Morgan fingerprint density at radius 3 is 2.62 bits per heavy atom. The first kappa shape index (κ1) is 9.14. The summed E-state index contributed by atoms with van der Waals surface area (Å²) in [6, 6.07) is 9.34. The highest BCUT2D eigenvalue weighted by Crippen LogP contribution is 2.14. The summed E-state index contributed by atoms with van der Waals surface area (Å²) in [7, 11) is 1.62. The van der Waals surface area contributed by atoms with Crippen LogP contribution in [0.5, 0.6) is 5.75 Å². The Morgan fingerprint density at radius 1 is 1.38 bits per heavy atom. The number of nitrogens with one attached hydrogen (secondary N) is 1. The Hall–Kier alpha value is -1.95. The Morgan fingerprint density at radius 2 is 2.08 bits per heavy atom. The molecule has 0 atom stereocenters. The van der Waals surface area contributed by atoms with Crippen LogP contribution in [0.2, 0.25) is 0 Å². The van der Waals surface area contributed by atoms with Crippen molar-refractivity contribution in [2.24, 2.45) is 0 Å². The standard InChI is InChI=1S/C10H10N2O/c1-13-10-5-3-9(4-6-10)12-8-2-7-11/h2-6,8,12H,1H3. The van der Waals surface area contributed by atoms with Gasteiger partial charge in [-0.05, 0) is 24.3 Å². The fourth-order valence-electron chi connectivity index (χ4n) is 0.862. The van der Waals surface area contributed by atoms with E-state index >= 15 is 0 Å². The van der Waals surface area contributed by atoms with Crippen LogP contribution in [0.1, 0.15) is 0 Å². The molecule has 0 aliphatic heterocycles. The lowest BCUT2D eigenvalue weighted by atomic mass is 10.3. The van der Waals surface area contributed by atoms with Gasteiger partial charge < -0.3 is 10.1 Å². The predicted octanol–water partition coefficient (Wildman–Crippen LogP) is 2.14. The Balaban J connectivity index is 2.60. The second-order valence-corrected chi connectivity index (χ2v) is 2.34. The van der Waals surface area contributed by atoms with Crippen molar-refractivity contribution in [1.29, 1.82) is 5.26 Å². The lowest BCUT2D eigenvalue weighted by Crippen LogP contribution is -1.87. The average molecular weight is 174 g/mol. The number of ether oxygens (including phenoxy) is 1. The summed E-state index contributed by atoms with van der Waals surface area (Å²) in [6.45, 7) is 0. The molecule has 3 nitrogen and oxygen atoms in total. The van der Waals surface area contributed by atoms with Gasteiger partial charge in [-0.1, -0.05) is 0 Å². The maximum absolute atomic E-state index is 8.23. The van der Waals surface area contributed by atoms with E-state index in [1.54, 1.807) is 13.3 Å². The second kappa shape index (κ2) is 4.83. The molecule has 0 bridgehead atoms. The largest absolute Gasteiger partial charge is 0.497 e. The van der Waals surface area contributed by atoms with Gasteiger partial charge in [0.05, 0.1) is 13.2 Å². The molecule has 66 valence electrons. The Bertz CT molecular complexity index is 322. The number of hydrogen-bond donors (Lipinski definition) is 1. The highest BCUT2D eigenvalue weighted by molar-refractivity contribution is 5.48. The Kier molecular flexibility index (Phi) is 3.40. The number of nitriles is 1. The van der Waals surface area contributed by atoms with E-state index in [1.807, 2.05) is 30.3 Å². The zero-order valence-electron chi connectivity index (χ0n) is 7.32. The molecule has 3 heteroatoms. The molecule has 1 aromatic carbocycles. The summed E-state index contributed by atoms with van der Waals surface area (Å²) in [5.74, 6) is 0.815. The zero-order chi connectivity index (χ0) is 9.52. The lowest BCUT2D eigenvalue weighted by molar-refractivity contribution is 0.415. The number of allylic oxidation sites excluding steroid dienone is 1. The van der Waals surface area contributed by atoms with Crippen LogP contribution >= 0.6 is 0 Å². The van der Waals surface area contributed by atoms with E-state index in [9.17, 15) is 0 Å². The fourth-order valence-corrected chi connectivity index (χ4v) is 0.862. The average Bonchev–Trinajstić information content (AvgIpc) is 2.19. The van der Waals surface area contributed by atoms with Gasteiger partial charge in [0.15, 0.2) is 0 Å². The second-order valence-electron chi connectivity index (χ2n) is 2.34. The minimum atomic E-state index is 0.815. The molecule has 1 rings (SSSR count). The number of hydrogen-bond acceptors (Lipinski definition) is 3. The van der Waals surface area contributed by atoms with Crippen molar-refractivity contribution in [2.75, 3.05) is 12.4 Å². The Labute approximate surface area is 77.3 Å². The first-order valence-corrected chi connectivity index (χ1v) is 3.82. The van der Waals surface area contributed by atoms with Gasteiger partial charge in [0.1, 0.15) is 5.75 Å². The third kappa shape index (κ3) is 2.88. The molecule has 1 aromatic rings. The third-order valence-electron chi connectivity index (χ3n) is 1.50. The molecule has 0 amide bonds. The highest BCUT2D eigenvalue weighted by Gasteiger charge is 1.89. The van der Waals surface area contributed by atoms with E-state index in [0.29, 0.717) is 0 Å². The molecule has 0 saturated heterocycles. The van der Waals surface area contributed by atoms with Crippen LogP contribution in [-0.4, -0.2) is 7.11 Å². The first-order valence-electron chi connectivity index (χ1n) is 3.82. The number of anilines is 1. The van der Waals surface area contributed by atoms with Gasteiger partial charge in [-0.25, -0.2) is 0 Å². The molecule has 0 aliphatic carbocycles. The van der Waals surface area contributed by atoms with Gasteiger partial charge in [0, 0.05) is 18.0 Å². The van der Waals surface area contributed by atoms with Crippen molar-refractivity contribution < 1.29 is 4.74 Å². The van der Waals surface area contributed by atoms with Crippen molar-refractivity contribution in [1.82, 2.24) is 0 Å². The van der Waals surface area contributed by atoms with Crippen LogP contribution in [0, 0.1) is 11.3 Å². The molecule has 0 aliphatic rings. The van der Waals surface area contributed by atoms with Crippen molar-refractivity contribution in [3.8, 4) is 11.8 Å². The van der Waals surface area contributed by atoms with E-state index in [-0.39, 0.29) is 0 Å². The SMILES string of the molecule is COc1ccc(NC=CC#N)cc1. The summed E-state index contributed by atoms with van der Waals surface area (Å²) >= 11 is 0. The monoisotopic (exact) mass is 174 g/mol. The maximum Gasteiger partial charge on any atom is 0.119 e. The molecule has 0 saturated carbocycles.